The third-order valence-electron chi connectivity index (χ3n) is 2.12. The van der Waals surface area contributed by atoms with E-state index in [9.17, 15) is 4.39 Å². The Balaban J connectivity index is 3.04. The molecule has 0 saturated heterocycles. The maximum atomic E-state index is 13.8. The zero-order valence-corrected chi connectivity index (χ0v) is 12.1. The molecule has 5 heteroatoms. The third kappa shape index (κ3) is 1.87. The van der Waals surface area contributed by atoms with Gasteiger partial charge in [0.25, 0.3) is 0 Å². The SMILES string of the molecule is Cc1cc(Br)c(F)c2c(Cl)c(I)cnc12. The van der Waals surface area contributed by atoms with Crippen LogP contribution in [0.3, 0.4) is 0 Å². The molecule has 0 saturated carbocycles. The first-order chi connectivity index (χ1) is 7.02. The average molecular weight is 400 g/mol. The van der Waals surface area contributed by atoms with Gasteiger partial charge >= 0.3 is 0 Å². The monoisotopic (exact) mass is 399 g/mol. The minimum Gasteiger partial charge on any atom is -0.255 e. The fourth-order valence-corrected chi connectivity index (χ4v) is 2.58. The van der Waals surface area contributed by atoms with Crippen LogP contribution in [0.15, 0.2) is 16.7 Å². The lowest BCUT2D eigenvalue weighted by Gasteiger charge is -2.07. The molecule has 15 heavy (non-hydrogen) atoms. The minimum absolute atomic E-state index is 0.355. The van der Waals surface area contributed by atoms with Crippen molar-refractivity contribution in [2.45, 2.75) is 6.92 Å². The molecule has 0 aliphatic rings. The summed E-state index contributed by atoms with van der Waals surface area (Å²) < 4.78 is 15.0. The van der Waals surface area contributed by atoms with Crippen molar-refractivity contribution < 1.29 is 4.39 Å². The lowest BCUT2D eigenvalue weighted by molar-refractivity contribution is 0.632. The second-order valence-corrected chi connectivity index (χ2v) is 5.53. The van der Waals surface area contributed by atoms with Crippen LogP contribution in [0.5, 0.6) is 0 Å². The highest BCUT2D eigenvalue weighted by molar-refractivity contribution is 14.1. The molecule has 0 aliphatic carbocycles. The first-order valence-electron chi connectivity index (χ1n) is 4.10. The molecule has 0 unspecified atom stereocenters. The maximum absolute atomic E-state index is 13.8. The number of nitrogens with zero attached hydrogens (tertiary/aromatic N) is 1. The van der Waals surface area contributed by atoms with E-state index in [0.29, 0.717) is 20.4 Å². The highest BCUT2D eigenvalue weighted by Gasteiger charge is 2.14. The largest absolute Gasteiger partial charge is 0.255 e. The van der Waals surface area contributed by atoms with E-state index >= 15 is 0 Å². The zero-order chi connectivity index (χ0) is 11.2. The molecule has 1 heterocycles. The number of rotatable bonds is 0. The van der Waals surface area contributed by atoms with E-state index in [4.69, 9.17) is 11.6 Å². The van der Waals surface area contributed by atoms with Crippen LogP contribution in [0, 0.1) is 16.3 Å². The predicted octanol–water partition coefficient (Wildman–Crippen LogP) is 4.70. The first kappa shape index (κ1) is 11.5. The van der Waals surface area contributed by atoms with Crippen LogP contribution in [-0.4, -0.2) is 4.98 Å². The van der Waals surface area contributed by atoms with E-state index in [-0.39, 0.29) is 5.82 Å². The Hall–Kier alpha value is 0.0600. The predicted molar refractivity (Wildman–Crippen MR) is 71.9 cm³/mol. The summed E-state index contributed by atoms with van der Waals surface area (Å²) in [7, 11) is 0. The molecule has 1 aromatic carbocycles. The topological polar surface area (TPSA) is 12.9 Å². The number of pyridine rings is 1. The molecule has 0 aliphatic heterocycles. The second kappa shape index (κ2) is 4.14. The van der Waals surface area contributed by atoms with Gasteiger partial charge in [-0.25, -0.2) is 4.39 Å². The van der Waals surface area contributed by atoms with Crippen molar-refractivity contribution in [2.75, 3.05) is 0 Å². The van der Waals surface area contributed by atoms with Crippen molar-refractivity contribution in [3.05, 3.63) is 36.7 Å². The smallest absolute Gasteiger partial charge is 0.148 e. The van der Waals surface area contributed by atoms with Gasteiger partial charge in [0.05, 0.1) is 24.0 Å². The lowest BCUT2D eigenvalue weighted by Crippen LogP contribution is -1.92. The Bertz CT molecular complexity index is 551. The molecule has 0 fully saturated rings. The van der Waals surface area contributed by atoms with Gasteiger partial charge in [-0.3, -0.25) is 4.98 Å². The Labute approximate surface area is 113 Å². The van der Waals surface area contributed by atoms with E-state index in [2.05, 4.69) is 20.9 Å². The molecular weight excluding hydrogens is 395 g/mol. The second-order valence-electron chi connectivity index (χ2n) is 3.13. The summed E-state index contributed by atoms with van der Waals surface area (Å²) in [5.41, 5.74) is 1.51. The normalized spacial score (nSPS) is 11.0. The van der Waals surface area contributed by atoms with Gasteiger partial charge < -0.3 is 0 Å². The summed E-state index contributed by atoms with van der Waals surface area (Å²) >= 11 is 11.3. The Morgan fingerprint density at radius 3 is 2.87 bits per heavy atom. The number of hydrogen-bond donors (Lipinski definition) is 0. The molecule has 0 bridgehead atoms. The summed E-state index contributed by atoms with van der Waals surface area (Å²) in [6.45, 7) is 1.88. The van der Waals surface area contributed by atoms with Gasteiger partial charge in [-0.1, -0.05) is 11.6 Å². The number of aryl methyl sites for hydroxylation is 1. The molecule has 0 atom stereocenters. The van der Waals surface area contributed by atoms with E-state index < -0.39 is 0 Å². The standard InChI is InChI=1S/C10H5BrClFIN/c1-4-2-5(11)9(13)7-8(12)6(14)3-15-10(4)7/h2-3H,1H3. The molecule has 2 rings (SSSR count). The quantitative estimate of drug-likeness (QED) is 0.584. The van der Waals surface area contributed by atoms with Crippen molar-refractivity contribution in [2.24, 2.45) is 0 Å². The number of benzene rings is 1. The summed E-state index contributed by atoms with van der Waals surface area (Å²) in [5, 5.41) is 0.804. The van der Waals surface area contributed by atoms with Crippen LogP contribution in [0.4, 0.5) is 4.39 Å². The summed E-state index contributed by atoms with van der Waals surface area (Å²) in [4.78, 5) is 4.19. The molecular formula is C10H5BrClFIN. The molecule has 1 nitrogen and oxygen atoms in total. The summed E-state index contributed by atoms with van der Waals surface area (Å²) in [6, 6.07) is 1.70. The van der Waals surface area contributed by atoms with Crippen molar-refractivity contribution in [3.8, 4) is 0 Å². The van der Waals surface area contributed by atoms with Crippen LogP contribution in [0.2, 0.25) is 5.02 Å². The zero-order valence-electron chi connectivity index (χ0n) is 7.61. The van der Waals surface area contributed by atoms with Crippen LogP contribution in [0.25, 0.3) is 10.9 Å². The van der Waals surface area contributed by atoms with Crippen molar-refractivity contribution in [3.63, 3.8) is 0 Å². The highest BCUT2D eigenvalue weighted by atomic mass is 127. The molecule has 0 radical (unpaired) electrons. The van der Waals surface area contributed by atoms with Gasteiger partial charge in [0.2, 0.25) is 0 Å². The Morgan fingerprint density at radius 1 is 1.53 bits per heavy atom. The number of fused-ring (bicyclic) bond motifs is 1. The lowest BCUT2D eigenvalue weighted by atomic mass is 10.1. The minimum atomic E-state index is -0.355. The van der Waals surface area contributed by atoms with Crippen LogP contribution in [-0.2, 0) is 0 Å². The van der Waals surface area contributed by atoms with E-state index in [1.165, 1.54) is 0 Å². The van der Waals surface area contributed by atoms with E-state index in [0.717, 1.165) is 9.13 Å². The first-order valence-corrected chi connectivity index (χ1v) is 6.35. The molecule has 0 N–H and O–H groups in total. The Kier molecular flexibility index (Phi) is 3.19. The van der Waals surface area contributed by atoms with Gasteiger partial charge in [0.15, 0.2) is 0 Å². The number of aromatic nitrogens is 1. The summed E-state index contributed by atoms with van der Waals surface area (Å²) in [5.74, 6) is -0.355. The van der Waals surface area contributed by atoms with E-state index in [1.54, 1.807) is 12.3 Å². The van der Waals surface area contributed by atoms with Gasteiger partial charge in [0.1, 0.15) is 5.82 Å². The van der Waals surface area contributed by atoms with Gasteiger partial charge in [-0.15, -0.1) is 0 Å². The van der Waals surface area contributed by atoms with Crippen molar-refractivity contribution in [1.29, 1.82) is 0 Å². The van der Waals surface area contributed by atoms with Gasteiger partial charge in [-0.05, 0) is 57.1 Å². The van der Waals surface area contributed by atoms with E-state index in [1.807, 2.05) is 29.5 Å². The molecule has 1 aromatic heterocycles. The molecule has 0 amide bonds. The van der Waals surface area contributed by atoms with Gasteiger partial charge in [-0.2, -0.15) is 0 Å². The molecule has 2 aromatic rings. The Morgan fingerprint density at radius 2 is 2.20 bits per heavy atom. The average Bonchev–Trinajstić information content (AvgIpc) is 2.19. The van der Waals surface area contributed by atoms with Crippen molar-refractivity contribution >= 4 is 61.0 Å². The maximum Gasteiger partial charge on any atom is 0.148 e. The number of hydrogen-bond acceptors (Lipinski definition) is 1. The fraction of sp³-hybridized carbons (Fsp3) is 0.100. The highest BCUT2D eigenvalue weighted by Crippen LogP contribution is 2.34. The summed E-state index contributed by atoms with van der Waals surface area (Å²) in [6.07, 6.45) is 1.64. The number of halogens is 4. The fourth-order valence-electron chi connectivity index (χ4n) is 1.41. The van der Waals surface area contributed by atoms with Gasteiger partial charge in [0, 0.05) is 6.20 Å². The molecule has 0 spiro atoms. The molecule has 78 valence electrons. The van der Waals surface area contributed by atoms with Crippen molar-refractivity contribution in [1.82, 2.24) is 4.98 Å². The third-order valence-corrected chi connectivity index (χ3v) is 4.23. The van der Waals surface area contributed by atoms with Crippen LogP contribution in [0.1, 0.15) is 5.56 Å². The van der Waals surface area contributed by atoms with Crippen LogP contribution >= 0.6 is 50.1 Å². The van der Waals surface area contributed by atoms with Crippen LogP contribution < -0.4 is 0 Å².